The summed E-state index contributed by atoms with van der Waals surface area (Å²) < 4.78 is 58.2. The molecule has 3 N–H and O–H groups in total. The van der Waals surface area contributed by atoms with E-state index in [4.69, 9.17) is 26.6 Å². The van der Waals surface area contributed by atoms with E-state index in [2.05, 4.69) is 37.9 Å². The first-order chi connectivity index (χ1) is 22.7. The number of piperazine rings is 1. The fourth-order valence-corrected chi connectivity index (χ4v) is 7.80. The number of alkyl halides is 1. The molecule has 0 bridgehead atoms. The smallest absolute Gasteiger partial charge is 0.319 e. The van der Waals surface area contributed by atoms with Crippen LogP contribution in [0.15, 0.2) is 30.5 Å². The number of nitrogen functional groups attached to an aromatic ring is 1. The van der Waals surface area contributed by atoms with E-state index in [1.54, 1.807) is 19.2 Å². The zero-order chi connectivity index (χ0) is 32.9. The maximum Gasteiger partial charge on any atom is 0.319 e. The van der Waals surface area contributed by atoms with Crippen molar-refractivity contribution in [3.8, 4) is 29.6 Å². The number of ether oxygens (including phenoxy) is 2. The molecule has 3 aliphatic rings. The van der Waals surface area contributed by atoms with E-state index in [9.17, 15) is 8.78 Å². The normalized spacial score (nSPS) is 24.6. The molecule has 0 spiro atoms. The summed E-state index contributed by atoms with van der Waals surface area (Å²) in [7, 11) is 1.67. The van der Waals surface area contributed by atoms with Crippen LogP contribution in [-0.2, 0) is 4.74 Å². The number of fused-ring (bicyclic) bond motifs is 3. The van der Waals surface area contributed by atoms with Gasteiger partial charge in [0.05, 0.1) is 28.6 Å². The van der Waals surface area contributed by atoms with Gasteiger partial charge in [-0.15, -0.1) is 6.42 Å². The number of halogens is 3. The molecule has 9 nitrogen and oxygen atoms in total. The Morgan fingerprint density at radius 3 is 2.83 bits per heavy atom. The molecule has 47 heavy (non-hydrogen) atoms. The summed E-state index contributed by atoms with van der Waals surface area (Å²) in [6.07, 6.45) is 9.26. The van der Waals surface area contributed by atoms with Crippen molar-refractivity contribution >= 4 is 33.2 Å². The maximum absolute atomic E-state index is 16.9. The predicted octanol–water partition coefficient (Wildman–Crippen LogP) is 4.85. The minimum Gasteiger partial charge on any atom is -0.461 e. The molecule has 246 valence electrons. The van der Waals surface area contributed by atoms with Crippen LogP contribution in [0.2, 0.25) is 0 Å². The molecule has 3 atom stereocenters. The summed E-state index contributed by atoms with van der Waals surface area (Å²) in [5.41, 5.74) is 5.92. The lowest BCUT2D eigenvalue weighted by molar-refractivity contribution is 0.101. The van der Waals surface area contributed by atoms with Crippen molar-refractivity contribution in [2.45, 2.75) is 49.9 Å². The zero-order valence-corrected chi connectivity index (χ0v) is 26.6. The molecule has 3 saturated heterocycles. The molecule has 12 heteroatoms. The van der Waals surface area contributed by atoms with Crippen LogP contribution < -0.4 is 20.7 Å². The molecule has 0 radical (unpaired) electrons. The van der Waals surface area contributed by atoms with Gasteiger partial charge in [0.1, 0.15) is 35.6 Å². The van der Waals surface area contributed by atoms with Gasteiger partial charge < -0.3 is 25.4 Å². The van der Waals surface area contributed by atoms with Crippen molar-refractivity contribution in [3.05, 3.63) is 47.7 Å². The number of hydrogen-bond donors (Lipinski definition) is 2. The number of nitrogens with two attached hydrogens (primary N) is 1. The largest absolute Gasteiger partial charge is 0.461 e. The van der Waals surface area contributed by atoms with Crippen molar-refractivity contribution in [1.82, 2.24) is 25.2 Å². The second-order valence-corrected chi connectivity index (χ2v) is 13.0. The Hall–Kier alpha value is -4.18. The first-order valence-corrected chi connectivity index (χ1v) is 16.1. The minimum atomic E-state index is -0.923. The van der Waals surface area contributed by atoms with E-state index in [1.807, 2.05) is 0 Å². The average Bonchev–Trinajstić information content (AvgIpc) is 3.59. The molecule has 0 unspecified atom stereocenters. The number of nitrogens with one attached hydrogen (secondary N) is 1. The molecule has 2 aromatic carbocycles. The van der Waals surface area contributed by atoms with Gasteiger partial charge in [0.25, 0.3) is 0 Å². The summed E-state index contributed by atoms with van der Waals surface area (Å²) >= 11 is 0. The number of anilines is 2. The molecule has 2 aromatic heterocycles. The van der Waals surface area contributed by atoms with Crippen LogP contribution in [0.4, 0.5) is 24.7 Å². The van der Waals surface area contributed by atoms with Gasteiger partial charge in [0.15, 0.2) is 5.82 Å². The Kier molecular flexibility index (Phi) is 8.10. The van der Waals surface area contributed by atoms with Gasteiger partial charge in [-0.05, 0) is 49.4 Å². The van der Waals surface area contributed by atoms with Crippen LogP contribution in [0.25, 0.3) is 32.9 Å². The first-order valence-electron chi connectivity index (χ1n) is 16.1. The summed E-state index contributed by atoms with van der Waals surface area (Å²) in [5.74, 6) is 1.53. The summed E-state index contributed by atoms with van der Waals surface area (Å²) in [5, 5.41) is 4.86. The Labute approximate surface area is 271 Å². The van der Waals surface area contributed by atoms with Crippen LogP contribution in [0, 0.1) is 24.0 Å². The van der Waals surface area contributed by atoms with Crippen molar-refractivity contribution in [2.24, 2.45) is 0 Å². The number of hydrogen-bond acceptors (Lipinski definition) is 9. The van der Waals surface area contributed by atoms with Crippen LogP contribution in [0.3, 0.4) is 0 Å². The van der Waals surface area contributed by atoms with Gasteiger partial charge in [-0.2, -0.15) is 9.97 Å². The molecule has 3 aliphatic heterocycles. The summed E-state index contributed by atoms with van der Waals surface area (Å²) in [6, 6.07) is 6.01. The molecule has 3 fully saturated rings. The highest BCUT2D eigenvalue weighted by atomic mass is 19.1. The van der Waals surface area contributed by atoms with Gasteiger partial charge in [0.2, 0.25) is 0 Å². The SMILES string of the molecule is C#Cc1c(F)ccc2cc(N)cc(-c3ncc4c(N5CCN[C@@](CC)(COC)C5)nc(OC[C@@]56CCCN5C[C@H](F)C6)nc4c3F)c12. The number of aromatic nitrogens is 3. The Balaban J connectivity index is 1.38. The fraction of sp³-hybridized carbons (Fsp3) is 0.457. The van der Waals surface area contributed by atoms with Crippen LogP contribution in [0.5, 0.6) is 6.01 Å². The van der Waals surface area contributed by atoms with Gasteiger partial charge in [-0.25, -0.2) is 13.2 Å². The highest BCUT2D eigenvalue weighted by Gasteiger charge is 2.49. The number of benzene rings is 2. The third-order valence-corrected chi connectivity index (χ3v) is 10.1. The van der Waals surface area contributed by atoms with Gasteiger partial charge in [0, 0.05) is 62.5 Å². The van der Waals surface area contributed by atoms with Gasteiger partial charge in [-0.1, -0.05) is 18.9 Å². The molecular formula is C35H38F3N7O2. The quantitative estimate of drug-likeness (QED) is 0.206. The van der Waals surface area contributed by atoms with Crippen LogP contribution in [-0.4, -0.2) is 90.1 Å². The third kappa shape index (κ3) is 5.40. The lowest BCUT2D eigenvalue weighted by Crippen LogP contribution is -2.62. The fourth-order valence-electron chi connectivity index (χ4n) is 7.80. The number of pyridine rings is 1. The lowest BCUT2D eigenvalue weighted by Gasteiger charge is -2.43. The highest BCUT2D eigenvalue weighted by Crippen LogP contribution is 2.41. The topological polar surface area (TPSA) is 102 Å². The molecule has 7 rings (SSSR count). The molecule has 0 aliphatic carbocycles. The van der Waals surface area contributed by atoms with Crippen LogP contribution >= 0.6 is 0 Å². The number of terminal acetylenes is 1. The van der Waals surface area contributed by atoms with E-state index >= 15 is 4.39 Å². The summed E-state index contributed by atoms with van der Waals surface area (Å²) in [6.45, 7) is 5.72. The van der Waals surface area contributed by atoms with E-state index in [0.717, 1.165) is 25.8 Å². The third-order valence-electron chi connectivity index (χ3n) is 10.1. The molecular weight excluding hydrogens is 607 g/mol. The second kappa shape index (κ2) is 12.1. The van der Waals surface area contributed by atoms with Crippen molar-refractivity contribution < 1.29 is 22.6 Å². The van der Waals surface area contributed by atoms with Crippen molar-refractivity contribution in [1.29, 1.82) is 0 Å². The van der Waals surface area contributed by atoms with E-state index in [0.29, 0.717) is 66.9 Å². The standard InChI is InChI=1S/C35H38F3N7O2/c1-4-24-27(37)8-7-21-13-23(39)14-25(28(21)24)30-29(38)31-26(16-40-30)32(44-12-10-41-34(5-2,18-44)19-46-3)43-33(42-31)47-20-35-9-6-11-45(35)17-22(36)15-35/h1,7-8,13-14,16,22,41H,5-6,9-12,15,17-20,39H2,2-3H3/t22-,34-,35+/m1/s1. The van der Waals surface area contributed by atoms with Gasteiger partial charge in [-0.3, -0.25) is 9.88 Å². The zero-order valence-electron chi connectivity index (χ0n) is 26.6. The minimum absolute atomic E-state index is 0.00718. The van der Waals surface area contributed by atoms with E-state index < -0.39 is 23.3 Å². The Morgan fingerprint density at radius 2 is 2.04 bits per heavy atom. The number of rotatable bonds is 8. The summed E-state index contributed by atoms with van der Waals surface area (Å²) in [4.78, 5) is 18.2. The predicted molar refractivity (Wildman–Crippen MR) is 176 cm³/mol. The molecule has 0 saturated carbocycles. The highest BCUT2D eigenvalue weighted by molar-refractivity contribution is 6.03. The first kappa shape index (κ1) is 31.4. The van der Waals surface area contributed by atoms with E-state index in [1.165, 1.54) is 18.3 Å². The van der Waals surface area contributed by atoms with Crippen molar-refractivity contribution in [2.75, 3.05) is 63.7 Å². The molecule has 5 heterocycles. The maximum atomic E-state index is 16.9. The Bertz CT molecular complexity index is 1900. The monoisotopic (exact) mass is 645 g/mol. The Morgan fingerprint density at radius 1 is 1.19 bits per heavy atom. The average molecular weight is 646 g/mol. The van der Waals surface area contributed by atoms with Gasteiger partial charge >= 0.3 is 6.01 Å². The number of methoxy groups -OCH3 is 1. The van der Waals surface area contributed by atoms with Crippen molar-refractivity contribution in [3.63, 3.8) is 0 Å². The molecule has 0 amide bonds. The van der Waals surface area contributed by atoms with Crippen LogP contribution in [0.1, 0.15) is 38.2 Å². The number of nitrogens with zero attached hydrogens (tertiary/aromatic N) is 5. The molecule has 4 aromatic rings. The second-order valence-electron chi connectivity index (χ2n) is 13.0. The van der Waals surface area contributed by atoms with E-state index in [-0.39, 0.29) is 40.5 Å². The lowest BCUT2D eigenvalue weighted by atomic mass is 9.94.